The van der Waals surface area contributed by atoms with E-state index in [4.69, 9.17) is 14.2 Å². The number of rotatable bonds is 9. The molecule has 0 aliphatic rings. The third-order valence-corrected chi connectivity index (χ3v) is 4.49. The van der Waals surface area contributed by atoms with Crippen molar-refractivity contribution >= 4 is 17.8 Å². The van der Waals surface area contributed by atoms with Crippen molar-refractivity contribution in [1.29, 1.82) is 0 Å². The van der Waals surface area contributed by atoms with Crippen molar-refractivity contribution < 1.29 is 18.7 Å². The van der Waals surface area contributed by atoms with E-state index in [1.165, 1.54) is 19.2 Å². The van der Waals surface area contributed by atoms with Crippen LogP contribution in [-0.4, -0.2) is 24.5 Å². The first-order chi connectivity index (χ1) is 13.8. The molecule has 0 atom stereocenters. The Morgan fingerprint density at radius 3 is 2.50 bits per heavy atom. The van der Waals surface area contributed by atoms with E-state index in [0.29, 0.717) is 13.0 Å². The summed E-state index contributed by atoms with van der Waals surface area (Å²) < 4.78 is 10.4. The molecule has 7 heteroatoms. The first-order valence-electron chi connectivity index (χ1n) is 8.89. The summed E-state index contributed by atoms with van der Waals surface area (Å²) in [7, 11) is 1.48. The summed E-state index contributed by atoms with van der Waals surface area (Å²) in [6.07, 6.45) is 4.19. The van der Waals surface area contributed by atoms with Gasteiger partial charge < -0.3 is 4.74 Å². The molecular formula is C21H22N3O3S+. The van der Waals surface area contributed by atoms with Gasteiger partial charge in [-0.1, -0.05) is 12.1 Å². The lowest BCUT2D eigenvalue weighted by Crippen LogP contribution is -2.33. The summed E-state index contributed by atoms with van der Waals surface area (Å²) in [5.41, 5.74) is 3.05. The van der Waals surface area contributed by atoms with Crippen molar-refractivity contribution in [3.8, 4) is 5.75 Å². The molecule has 0 fully saturated rings. The molecule has 0 unspecified atom stereocenters. The summed E-state index contributed by atoms with van der Waals surface area (Å²) in [4.78, 5) is 7.15. The molecule has 0 radical (unpaired) electrons. The highest BCUT2D eigenvalue weighted by molar-refractivity contribution is 7.94. The zero-order valence-electron chi connectivity index (χ0n) is 15.8. The molecule has 0 amide bonds. The minimum absolute atomic E-state index is 0.640. The van der Waals surface area contributed by atoms with Crippen LogP contribution in [0.2, 0.25) is 0 Å². The van der Waals surface area contributed by atoms with Crippen LogP contribution < -0.4 is 9.53 Å². The normalized spacial score (nSPS) is 11.4. The van der Waals surface area contributed by atoms with Crippen LogP contribution in [0.4, 0.5) is 0 Å². The molecule has 0 saturated heterocycles. The number of nitrogens with zero attached hydrogens (tertiary/aromatic N) is 3. The fourth-order valence-electron chi connectivity index (χ4n) is 2.54. The van der Waals surface area contributed by atoms with E-state index in [2.05, 4.69) is 22.1 Å². The van der Waals surface area contributed by atoms with Crippen LogP contribution in [0.25, 0.3) is 0 Å². The highest BCUT2D eigenvalue weighted by Gasteiger charge is 2.11. The van der Waals surface area contributed by atoms with Gasteiger partial charge in [0.05, 0.1) is 36.7 Å². The van der Waals surface area contributed by atoms with Gasteiger partial charge in [0.2, 0.25) is 6.20 Å². The SMILES string of the molecule is CCOc1ccc(/C(Cc2ccc(SOOC)cc2)=N/[n+]2ccccn2)cc1. The molecule has 1 aromatic heterocycles. The van der Waals surface area contributed by atoms with Crippen molar-refractivity contribution in [2.45, 2.75) is 18.2 Å². The highest BCUT2D eigenvalue weighted by atomic mass is 32.2. The van der Waals surface area contributed by atoms with Gasteiger partial charge in [-0.2, -0.15) is 4.33 Å². The molecule has 0 bridgehead atoms. The Hall–Kier alpha value is -2.74. The molecule has 0 saturated carbocycles. The average molecular weight is 396 g/mol. The van der Waals surface area contributed by atoms with E-state index in [0.717, 1.165) is 27.5 Å². The lowest BCUT2D eigenvalue weighted by atomic mass is 10.0. The Balaban J connectivity index is 1.85. The van der Waals surface area contributed by atoms with Crippen LogP contribution in [0, 0.1) is 0 Å². The van der Waals surface area contributed by atoms with Crippen molar-refractivity contribution in [2.75, 3.05) is 13.7 Å². The van der Waals surface area contributed by atoms with Crippen LogP contribution in [0.3, 0.4) is 0 Å². The fourth-order valence-corrected chi connectivity index (χ4v) is 2.93. The predicted octanol–water partition coefficient (Wildman–Crippen LogP) is 3.85. The third kappa shape index (κ3) is 5.88. The lowest BCUT2D eigenvalue weighted by Gasteiger charge is -2.07. The minimum atomic E-state index is 0.640. The van der Waals surface area contributed by atoms with E-state index >= 15 is 0 Å². The third-order valence-electron chi connectivity index (χ3n) is 3.82. The lowest BCUT2D eigenvalue weighted by molar-refractivity contribution is -0.737. The minimum Gasteiger partial charge on any atom is -0.494 e. The molecule has 144 valence electrons. The number of ether oxygens (including phenoxy) is 1. The van der Waals surface area contributed by atoms with Crippen LogP contribution in [0.15, 0.2) is 83.1 Å². The fraction of sp³-hybridized carbons (Fsp3) is 0.190. The maximum Gasteiger partial charge on any atom is 0.233 e. The van der Waals surface area contributed by atoms with E-state index in [-0.39, 0.29) is 0 Å². The molecule has 0 aliphatic carbocycles. The number of aromatic nitrogens is 2. The van der Waals surface area contributed by atoms with Gasteiger partial charge in [-0.3, -0.25) is 0 Å². The van der Waals surface area contributed by atoms with Gasteiger partial charge >= 0.3 is 0 Å². The van der Waals surface area contributed by atoms with E-state index in [1.54, 1.807) is 11.0 Å². The number of benzene rings is 2. The molecular weight excluding hydrogens is 374 g/mol. The maximum absolute atomic E-state index is 5.54. The molecule has 3 rings (SSSR count). The van der Waals surface area contributed by atoms with Crippen molar-refractivity contribution in [3.05, 3.63) is 84.2 Å². The second-order valence-corrected chi connectivity index (χ2v) is 6.54. The molecule has 0 spiro atoms. The van der Waals surface area contributed by atoms with Crippen molar-refractivity contribution in [1.82, 2.24) is 5.10 Å². The maximum atomic E-state index is 5.54. The van der Waals surface area contributed by atoms with Crippen LogP contribution in [0.5, 0.6) is 5.75 Å². The smallest absolute Gasteiger partial charge is 0.233 e. The Morgan fingerprint density at radius 1 is 1.07 bits per heavy atom. The second kappa shape index (κ2) is 10.6. The second-order valence-electron chi connectivity index (χ2n) is 5.76. The van der Waals surface area contributed by atoms with Crippen molar-refractivity contribution in [3.63, 3.8) is 0 Å². The van der Waals surface area contributed by atoms with Gasteiger partial charge in [0.15, 0.2) is 0 Å². The molecule has 6 nitrogen and oxygen atoms in total. The van der Waals surface area contributed by atoms with Gasteiger partial charge in [-0.25, -0.2) is 4.89 Å². The van der Waals surface area contributed by atoms with E-state index in [9.17, 15) is 0 Å². The standard InChI is InChI=1S/C21H22N3O3S/c1-3-26-19-10-8-18(9-11-19)21(23-24-15-5-4-14-22-24)16-17-6-12-20(13-7-17)28-27-25-2/h4-15H,3,16H2,1-2H3/q+1/b23-21+. The van der Waals surface area contributed by atoms with Crippen molar-refractivity contribution in [2.24, 2.45) is 5.10 Å². The largest absolute Gasteiger partial charge is 0.494 e. The summed E-state index contributed by atoms with van der Waals surface area (Å²) in [5, 5.41) is 8.95. The highest BCUT2D eigenvalue weighted by Crippen LogP contribution is 2.20. The van der Waals surface area contributed by atoms with Crippen LogP contribution >= 0.6 is 12.0 Å². The molecule has 0 aliphatic heterocycles. The summed E-state index contributed by atoms with van der Waals surface area (Å²) in [5.74, 6) is 0.843. The summed E-state index contributed by atoms with van der Waals surface area (Å²) in [6, 6.07) is 19.8. The molecule has 1 heterocycles. The Kier molecular flexibility index (Phi) is 7.54. The Bertz CT molecular complexity index is 885. The molecule has 3 aromatic rings. The summed E-state index contributed by atoms with van der Waals surface area (Å²) in [6.45, 7) is 2.61. The topological polar surface area (TPSA) is 56.8 Å². The summed E-state index contributed by atoms with van der Waals surface area (Å²) >= 11 is 1.17. The quantitative estimate of drug-likeness (QED) is 0.181. The van der Waals surface area contributed by atoms with Gasteiger partial charge in [0.25, 0.3) is 0 Å². The zero-order valence-corrected chi connectivity index (χ0v) is 16.6. The predicted molar refractivity (Wildman–Crippen MR) is 108 cm³/mol. The van der Waals surface area contributed by atoms with E-state index < -0.39 is 0 Å². The van der Waals surface area contributed by atoms with Crippen LogP contribution in [-0.2, 0) is 15.6 Å². The van der Waals surface area contributed by atoms with Gasteiger partial charge in [0.1, 0.15) is 11.5 Å². The van der Waals surface area contributed by atoms with Gasteiger partial charge in [-0.15, -0.1) is 0 Å². The average Bonchev–Trinajstić information content (AvgIpc) is 2.74. The van der Waals surface area contributed by atoms with E-state index in [1.807, 2.05) is 61.7 Å². The molecule has 0 N–H and O–H groups in total. The first-order valence-corrected chi connectivity index (χ1v) is 9.63. The van der Waals surface area contributed by atoms with Gasteiger partial charge in [0, 0.05) is 33.1 Å². The Morgan fingerprint density at radius 2 is 1.86 bits per heavy atom. The number of hydrogen-bond acceptors (Lipinski definition) is 6. The van der Waals surface area contributed by atoms with Crippen LogP contribution in [0.1, 0.15) is 18.1 Å². The molecule has 28 heavy (non-hydrogen) atoms. The monoisotopic (exact) mass is 396 g/mol. The zero-order chi connectivity index (χ0) is 19.6. The first kappa shape index (κ1) is 20.0. The molecule has 2 aromatic carbocycles. The number of hydrogen-bond donors (Lipinski definition) is 0. The Labute approximate surface area is 168 Å². The van der Waals surface area contributed by atoms with Gasteiger partial charge in [-0.05, 0) is 55.0 Å².